The lowest BCUT2D eigenvalue weighted by atomic mass is 9.78. The summed E-state index contributed by atoms with van der Waals surface area (Å²) in [6, 6.07) is 0.867. The molecule has 4 heteroatoms. The molecule has 1 heterocycles. The van der Waals surface area contributed by atoms with Crippen molar-refractivity contribution >= 4 is 6.09 Å². The molecule has 0 spiro atoms. The van der Waals surface area contributed by atoms with Gasteiger partial charge in [0.15, 0.2) is 0 Å². The molecule has 134 valence electrons. The van der Waals surface area contributed by atoms with E-state index in [0.29, 0.717) is 6.04 Å². The smallest absolute Gasteiger partial charge is 0.410 e. The third-order valence-corrected chi connectivity index (χ3v) is 5.39. The predicted molar refractivity (Wildman–Crippen MR) is 94.5 cm³/mol. The Labute approximate surface area is 142 Å². The molecule has 0 bridgehead atoms. The van der Waals surface area contributed by atoms with E-state index in [1.54, 1.807) is 0 Å². The van der Waals surface area contributed by atoms with Crippen molar-refractivity contribution in [2.24, 2.45) is 11.8 Å². The molecule has 1 aliphatic carbocycles. The van der Waals surface area contributed by atoms with Crippen LogP contribution in [0.1, 0.15) is 73.1 Å². The van der Waals surface area contributed by atoms with E-state index in [9.17, 15) is 4.79 Å². The fraction of sp³-hybridized carbons (Fsp3) is 0.947. The van der Waals surface area contributed by atoms with Gasteiger partial charge in [0.2, 0.25) is 0 Å². The standard InChI is InChI=1S/C19H36N2O2/c1-14-9-8-10-15(2)17(14)20-13-16-11-6-7-12-21(16)18(22)23-19(3,4)5/h14-17,20H,6-13H2,1-5H3. The maximum absolute atomic E-state index is 12.5. The number of carbonyl (C=O) groups excluding carboxylic acids is 1. The molecule has 4 nitrogen and oxygen atoms in total. The first-order valence-corrected chi connectivity index (χ1v) is 9.51. The number of carbonyl (C=O) groups is 1. The van der Waals surface area contributed by atoms with Crippen molar-refractivity contribution in [1.82, 2.24) is 10.2 Å². The number of nitrogens with one attached hydrogen (secondary N) is 1. The van der Waals surface area contributed by atoms with Gasteiger partial charge in [-0.05, 0) is 64.7 Å². The minimum absolute atomic E-state index is 0.145. The van der Waals surface area contributed by atoms with Gasteiger partial charge in [-0.3, -0.25) is 0 Å². The second kappa shape index (κ2) is 7.87. The second-order valence-corrected chi connectivity index (χ2v) is 8.64. The van der Waals surface area contributed by atoms with Crippen molar-refractivity contribution in [3.8, 4) is 0 Å². The summed E-state index contributed by atoms with van der Waals surface area (Å²) in [5, 5.41) is 3.79. The SMILES string of the molecule is CC1CCCC(C)C1NCC1CCCCN1C(=O)OC(C)(C)C. The largest absolute Gasteiger partial charge is 0.444 e. The molecule has 0 aromatic heterocycles. The highest BCUT2D eigenvalue weighted by Crippen LogP contribution is 2.29. The Bertz CT molecular complexity index is 381. The average molecular weight is 325 g/mol. The molecular formula is C19H36N2O2. The summed E-state index contributed by atoms with van der Waals surface area (Å²) in [5.74, 6) is 1.47. The molecule has 3 unspecified atom stereocenters. The summed E-state index contributed by atoms with van der Waals surface area (Å²) in [6.07, 6.45) is 7.24. The summed E-state index contributed by atoms with van der Waals surface area (Å²) in [6.45, 7) is 12.3. The minimum Gasteiger partial charge on any atom is -0.444 e. The van der Waals surface area contributed by atoms with Gasteiger partial charge in [-0.25, -0.2) is 4.79 Å². The van der Waals surface area contributed by atoms with Crippen LogP contribution in [0.3, 0.4) is 0 Å². The molecule has 0 aromatic rings. The Hall–Kier alpha value is -0.770. The highest BCUT2D eigenvalue weighted by Gasteiger charge is 2.32. The van der Waals surface area contributed by atoms with E-state index in [1.807, 2.05) is 25.7 Å². The Morgan fingerprint density at radius 2 is 1.74 bits per heavy atom. The topological polar surface area (TPSA) is 41.6 Å². The highest BCUT2D eigenvalue weighted by molar-refractivity contribution is 5.68. The average Bonchev–Trinajstić information content (AvgIpc) is 2.45. The Morgan fingerprint density at radius 3 is 2.35 bits per heavy atom. The van der Waals surface area contributed by atoms with Crippen LogP contribution < -0.4 is 5.32 Å². The van der Waals surface area contributed by atoms with Crippen LogP contribution in [0.15, 0.2) is 0 Å². The Morgan fingerprint density at radius 1 is 1.09 bits per heavy atom. The summed E-state index contributed by atoms with van der Waals surface area (Å²) in [7, 11) is 0. The second-order valence-electron chi connectivity index (χ2n) is 8.64. The highest BCUT2D eigenvalue weighted by atomic mass is 16.6. The zero-order valence-corrected chi connectivity index (χ0v) is 15.7. The summed E-state index contributed by atoms with van der Waals surface area (Å²) >= 11 is 0. The lowest BCUT2D eigenvalue weighted by Crippen LogP contribution is -2.53. The minimum atomic E-state index is -0.418. The lowest BCUT2D eigenvalue weighted by Gasteiger charge is -2.40. The number of hydrogen-bond acceptors (Lipinski definition) is 3. The number of rotatable bonds is 3. The Kier molecular flexibility index (Phi) is 6.35. The quantitative estimate of drug-likeness (QED) is 0.846. The van der Waals surface area contributed by atoms with E-state index in [4.69, 9.17) is 4.74 Å². The zero-order chi connectivity index (χ0) is 17.0. The summed E-state index contributed by atoms with van der Waals surface area (Å²) < 4.78 is 5.60. The molecule has 23 heavy (non-hydrogen) atoms. The van der Waals surface area contributed by atoms with Crippen molar-refractivity contribution in [1.29, 1.82) is 0 Å². The molecule has 0 radical (unpaired) electrons. The maximum Gasteiger partial charge on any atom is 0.410 e. The van der Waals surface area contributed by atoms with Gasteiger partial charge in [0.05, 0.1) is 0 Å². The maximum atomic E-state index is 12.5. The zero-order valence-electron chi connectivity index (χ0n) is 15.7. The monoisotopic (exact) mass is 324 g/mol. The van der Waals surface area contributed by atoms with Gasteiger partial charge < -0.3 is 15.0 Å². The van der Waals surface area contributed by atoms with Crippen molar-refractivity contribution in [3.63, 3.8) is 0 Å². The van der Waals surface area contributed by atoms with E-state index < -0.39 is 5.60 Å². The van der Waals surface area contributed by atoms with E-state index in [0.717, 1.165) is 37.8 Å². The van der Waals surface area contributed by atoms with Gasteiger partial charge >= 0.3 is 6.09 Å². The fourth-order valence-electron chi connectivity index (χ4n) is 4.13. The van der Waals surface area contributed by atoms with Crippen molar-refractivity contribution in [2.75, 3.05) is 13.1 Å². The molecule has 3 atom stereocenters. The number of piperidine rings is 1. The number of ether oxygens (including phenoxy) is 1. The predicted octanol–water partition coefficient (Wildman–Crippen LogP) is 4.19. The van der Waals surface area contributed by atoms with Crippen LogP contribution >= 0.6 is 0 Å². The van der Waals surface area contributed by atoms with Crippen LogP contribution in [0.4, 0.5) is 4.79 Å². The molecule has 1 saturated carbocycles. The summed E-state index contributed by atoms with van der Waals surface area (Å²) in [5.41, 5.74) is -0.418. The molecule has 2 aliphatic rings. The molecule has 1 aliphatic heterocycles. The first-order chi connectivity index (χ1) is 10.8. The van der Waals surface area contributed by atoms with Gasteiger partial charge in [-0.15, -0.1) is 0 Å². The molecule has 2 fully saturated rings. The van der Waals surface area contributed by atoms with Gasteiger partial charge in [0.25, 0.3) is 0 Å². The molecule has 0 aromatic carbocycles. The van der Waals surface area contributed by atoms with Crippen LogP contribution in [0, 0.1) is 11.8 Å². The van der Waals surface area contributed by atoms with E-state index in [2.05, 4.69) is 19.2 Å². The van der Waals surface area contributed by atoms with E-state index >= 15 is 0 Å². The van der Waals surface area contributed by atoms with Crippen molar-refractivity contribution in [3.05, 3.63) is 0 Å². The molecule has 2 rings (SSSR count). The van der Waals surface area contributed by atoms with E-state index in [1.165, 1.54) is 25.7 Å². The van der Waals surface area contributed by atoms with Gasteiger partial charge in [-0.1, -0.05) is 20.3 Å². The van der Waals surface area contributed by atoms with Crippen LogP contribution in [-0.2, 0) is 4.74 Å². The lowest BCUT2D eigenvalue weighted by molar-refractivity contribution is 0.00897. The van der Waals surface area contributed by atoms with Crippen LogP contribution in [-0.4, -0.2) is 41.8 Å². The number of nitrogens with zero attached hydrogens (tertiary/aromatic N) is 1. The first-order valence-electron chi connectivity index (χ1n) is 9.51. The van der Waals surface area contributed by atoms with Gasteiger partial charge in [0, 0.05) is 25.2 Å². The van der Waals surface area contributed by atoms with Crippen LogP contribution in [0.2, 0.25) is 0 Å². The molecule has 1 saturated heterocycles. The summed E-state index contributed by atoms with van der Waals surface area (Å²) in [4.78, 5) is 14.4. The number of likely N-dealkylation sites (tertiary alicyclic amines) is 1. The molecular weight excluding hydrogens is 288 g/mol. The number of hydrogen-bond donors (Lipinski definition) is 1. The third-order valence-electron chi connectivity index (χ3n) is 5.39. The van der Waals surface area contributed by atoms with Crippen molar-refractivity contribution < 1.29 is 9.53 Å². The molecule has 1 N–H and O–H groups in total. The normalized spacial score (nSPS) is 32.7. The van der Waals surface area contributed by atoms with Crippen LogP contribution in [0.25, 0.3) is 0 Å². The van der Waals surface area contributed by atoms with Gasteiger partial charge in [-0.2, -0.15) is 0 Å². The fourth-order valence-corrected chi connectivity index (χ4v) is 4.13. The van der Waals surface area contributed by atoms with Crippen LogP contribution in [0.5, 0.6) is 0 Å². The first kappa shape index (κ1) is 18.6. The molecule has 1 amide bonds. The number of amides is 1. The third kappa shape index (κ3) is 5.37. The van der Waals surface area contributed by atoms with Gasteiger partial charge in [0.1, 0.15) is 5.60 Å². The van der Waals surface area contributed by atoms with Crippen molar-refractivity contribution in [2.45, 2.75) is 90.8 Å². The van der Waals surface area contributed by atoms with E-state index in [-0.39, 0.29) is 12.1 Å². The Balaban J connectivity index is 1.92.